The number of likely N-dealkylation sites (tertiary alicyclic amines) is 1. The fourth-order valence-electron chi connectivity index (χ4n) is 8.46. The Balaban J connectivity index is 0.829. The van der Waals surface area contributed by atoms with Crippen molar-refractivity contribution in [1.82, 2.24) is 20.4 Å². The number of anilines is 1. The highest BCUT2D eigenvalue weighted by atomic mass is 16.7. The molecule has 1 unspecified atom stereocenters. The number of aliphatic hydroxyl groups excluding tert-OH is 3. The van der Waals surface area contributed by atoms with Gasteiger partial charge < -0.3 is 35.4 Å². The van der Waals surface area contributed by atoms with Crippen LogP contribution in [-0.2, 0) is 33.8 Å². The number of aromatic nitrogens is 2. The van der Waals surface area contributed by atoms with Crippen molar-refractivity contribution in [3.05, 3.63) is 108 Å². The van der Waals surface area contributed by atoms with E-state index >= 15 is 0 Å². The van der Waals surface area contributed by atoms with E-state index in [1.807, 2.05) is 48.7 Å². The Bertz CT molecular complexity index is 1900. The van der Waals surface area contributed by atoms with E-state index in [0.717, 1.165) is 61.1 Å². The van der Waals surface area contributed by atoms with Gasteiger partial charge in [0, 0.05) is 50.1 Å². The highest BCUT2D eigenvalue weighted by Crippen LogP contribution is 2.38. The Kier molecular flexibility index (Phi) is 16.1. The number of carbonyl (C=O) groups excluding carboxylic acids is 2. The highest BCUT2D eigenvalue weighted by molar-refractivity contribution is 5.81. The number of benzene rings is 3. The van der Waals surface area contributed by atoms with Gasteiger partial charge in [0.05, 0.1) is 30.0 Å². The molecule has 3 aromatic carbocycles. The number of aryl methyl sites for hydroxylation is 1. The van der Waals surface area contributed by atoms with Gasteiger partial charge in [0.2, 0.25) is 6.29 Å². The van der Waals surface area contributed by atoms with Gasteiger partial charge in [0.15, 0.2) is 0 Å². The van der Waals surface area contributed by atoms with Crippen LogP contribution in [-0.4, -0.2) is 86.2 Å². The molecule has 312 valence electrons. The maximum Gasteiger partial charge on any atom is 0.410 e. The molecule has 12 heteroatoms. The Morgan fingerprint density at radius 1 is 0.966 bits per heavy atom. The molecule has 7 atom stereocenters. The van der Waals surface area contributed by atoms with Crippen LogP contribution in [0.2, 0.25) is 0 Å². The minimum atomic E-state index is -1.03. The number of H-pyrrole nitrogens is 1. The first-order chi connectivity index (χ1) is 28.2. The van der Waals surface area contributed by atoms with Crippen LogP contribution in [0.5, 0.6) is 0 Å². The molecule has 4 aromatic rings. The minimum Gasteiger partial charge on any atom is -0.425 e. The van der Waals surface area contributed by atoms with Crippen LogP contribution in [0.1, 0.15) is 87.8 Å². The molecule has 1 aromatic heterocycles. The number of nitrogens with one attached hydrogen (secondary N) is 3. The Labute approximate surface area is 342 Å². The van der Waals surface area contributed by atoms with Crippen molar-refractivity contribution < 1.29 is 34.4 Å². The summed E-state index contributed by atoms with van der Waals surface area (Å²) in [6.45, 7) is 4.59. The fraction of sp³-hybridized carbons (Fsp3) is 0.500. The van der Waals surface area contributed by atoms with Crippen LogP contribution in [0, 0.1) is 11.8 Å². The molecule has 1 aliphatic carbocycles. The molecule has 6 rings (SSSR count). The molecule has 1 amide bonds. The molecule has 0 bridgehead atoms. The summed E-state index contributed by atoms with van der Waals surface area (Å²) in [6, 6.07) is 24.9. The number of piperidine rings is 1. The predicted molar refractivity (Wildman–Crippen MR) is 225 cm³/mol. The third kappa shape index (κ3) is 13.4. The van der Waals surface area contributed by atoms with Crippen LogP contribution in [0.25, 0.3) is 10.9 Å². The summed E-state index contributed by atoms with van der Waals surface area (Å²) in [5.74, 6) is -0.588. The highest BCUT2D eigenvalue weighted by Gasteiger charge is 2.40. The van der Waals surface area contributed by atoms with Crippen LogP contribution < -0.4 is 10.6 Å². The SMILES string of the molecule is CC(OC(=O)CCC/C=C\C[C@@H]1[C@@H](CC[C@@H](O)CCc2ccccc2)[C@H](O)C[C@@H]1O)OC(=O)NCc1cccc(CN2CCC[C@H](Nc3ccc4[nH]ncc4c3)C2)c1. The Hall–Kier alpha value is -4.75. The Morgan fingerprint density at radius 2 is 1.78 bits per heavy atom. The molecule has 0 spiro atoms. The smallest absolute Gasteiger partial charge is 0.410 e. The summed E-state index contributed by atoms with van der Waals surface area (Å²) < 4.78 is 10.6. The van der Waals surface area contributed by atoms with Gasteiger partial charge in [-0.05, 0) is 117 Å². The molecule has 58 heavy (non-hydrogen) atoms. The van der Waals surface area contributed by atoms with Crippen molar-refractivity contribution in [2.24, 2.45) is 11.8 Å². The van der Waals surface area contributed by atoms with Crippen LogP contribution >= 0.6 is 0 Å². The van der Waals surface area contributed by atoms with Crippen LogP contribution in [0.15, 0.2) is 91.1 Å². The lowest BCUT2D eigenvalue weighted by atomic mass is 9.85. The van der Waals surface area contributed by atoms with Crippen molar-refractivity contribution >= 4 is 28.7 Å². The summed E-state index contributed by atoms with van der Waals surface area (Å²) in [5, 5.41) is 46.5. The summed E-state index contributed by atoms with van der Waals surface area (Å²) in [4.78, 5) is 27.4. The molecule has 0 radical (unpaired) electrons. The minimum absolute atomic E-state index is 0.0672. The normalized spacial score (nSPS) is 22.2. The molecule has 2 heterocycles. The van der Waals surface area contributed by atoms with Crippen molar-refractivity contribution in [3.63, 3.8) is 0 Å². The number of hydrogen-bond acceptors (Lipinski definition) is 10. The van der Waals surface area contributed by atoms with Crippen LogP contribution in [0.4, 0.5) is 10.5 Å². The maximum atomic E-state index is 12.5. The summed E-state index contributed by atoms with van der Waals surface area (Å²) in [7, 11) is 0. The number of alkyl carbamates (subject to hydrolysis) is 1. The second-order valence-corrected chi connectivity index (χ2v) is 16.1. The van der Waals surface area contributed by atoms with E-state index in [9.17, 15) is 24.9 Å². The van der Waals surface area contributed by atoms with E-state index in [-0.39, 0.29) is 24.8 Å². The Morgan fingerprint density at radius 3 is 2.64 bits per heavy atom. The molecule has 6 N–H and O–H groups in total. The first kappa shape index (κ1) is 42.8. The van der Waals surface area contributed by atoms with Gasteiger partial charge in [-0.1, -0.05) is 66.7 Å². The monoisotopic (exact) mass is 795 g/mol. The van der Waals surface area contributed by atoms with Gasteiger partial charge in [-0.2, -0.15) is 5.10 Å². The number of allylic oxidation sites excluding steroid dienone is 2. The zero-order valence-electron chi connectivity index (χ0n) is 33.7. The van der Waals surface area contributed by atoms with E-state index in [1.54, 1.807) is 0 Å². The number of aromatic amines is 1. The zero-order chi connectivity index (χ0) is 40.7. The number of unbranched alkanes of at least 4 members (excludes halogenated alkanes) is 1. The van der Waals surface area contributed by atoms with E-state index in [4.69, 9.17) is 9.47 Å². The number of amides is 1. The number of esters is 1. The quantitative estimate of drug-likeness (QED) is 0.0237. The predicted octanol–water partition coefficient (Wildman–Crippen LogP) is 7.00. The molecule has 12 nitrogen and oxygen atoms in total. The van der Waals surface area contributed by atoms with Gasteiger partial charge >= 0.3 is 12.1 Å². The second kappa shape index (κ2) is 21.9. The van der Waals surface area contributed by atoms with Gasteiger partial charge in [-0.15, -0.1) is 0 Å². The lowest BCUT2D eigenvalue weighted by Crippen LogP contribution is -2.41. The maximum absolute atomic E-state index is 12.5. The molecule has 1 saturated carbocycles. The number of fused-ring (bicyclic) bond motifs is 1. The molecule has 2 fully saturated rings. The van der Waals surface area contributed by atoms with Crippen molar-refractivity contribution in [2.75, 3.05) is 18.4 Å². The molecule has 1 aliphatic heterocycles. The largest absolute Gasteiger partial charge is 0.425 e. The second-order valence-electron chi connectivity index (χ2n) is 16.1. The van der Waals surface area contributed by atoms with E-state index in [2.05, 4.69) is 68.2 Å². The molecular formula is C46H61N5O7. The topological polar surface area (TPSA) is 169 Å². The van der Waals surface area contributed by atoms with Crippen molar-refractivity contribution in [2.45, 2.75) is 121 Å². The number of carbonyl (C=O) groups is 2. The van der Waals surface area contributed by atoms with Gasteiger partial charge in [0.25, 0.3) is 0 Å². The number of hydrogen-bond donors (Lipinski definition) is 6. The van der Waals surface area contributed by atoms with E-state index in [1.165, 1.54) is 18.1 Å². The summed E-state index contributed by atoms with van der Waals surface area (Å²) >= 11 is 0. The van der Waals surface area contributed by atoms with Crippen molar-refractivity contribution in [1.29, 1.82) is 0 Å². The third-order valence-electron chi connectivity index (χ3n) is 11.5. The zero-order valence-corrected chi connectivity index (χ0v) is 33.7. The van der Waals surface area contributed by atoms with Crippen molar-refractivity contribution in [3.8, 4) is 0 Å². The van der Waals surface area contributed by atoms with E-state index in [0.29, 0.717) is 51.0 Å². The lowest BCUT2D eigenvalue weighted by molar-refractivity contribution is -0.164. The van der Waals surface area contributed by atoms with Gasteiger partial charge in [-0.25, -0.2) is 4.79 Å². The first-order valence-electron chi connectivity index (χ1n) is 21.1. The number of rotatable bonds is 20. The van der Waals surface area contributed by atoms with Gasteiger partial charge in [0.1, 0.15) is 0 Å². The summed E-state index contributed by atoms with van der Waals surface area (Å²) in [5.41, 5.74) is 5.45. The molecular weight excluding hydrogens is 735 g/mol. The standard InChI is InChI=1S/C46H61N5O7/c1-32(57-45(55)17-8-3-2-7-16-40-41(44(54)27-43(40)53)22-21-39(52)20-18-33-11-5-4-6-12-33)58-46(56)47-28-34-13-9-14-35(25-34)30-51-24-10-15-38(31-51)49-37-19-23-42-36(26-37)29-48-50-42/h2,4-7,9,11-14,19,23,25-26,29,32,38-41,43-44,49,52-54H,3,8,10,15-18,20-22,24,27-28,30-31H2,1H3,(H,47,56)(H,48,50)/b7-2-/t32?,38-,39-,40+,41+,43-,44+/m0/s1. The average molecular weight is 796 g/mol. The fourth-order valence-corrected chi connectivity index (χ4v) is 8.46. The molecule has 2 aliphatic rings. The lowest BCUT2D eigenvalue weighted by Gasteiger charge is -2.33. The average Bonchev–Trinajstić information content (AvgIpc) is 3.79. The number of nitrogens with zero attached hydrogens (tertiary/aromatic N) is 2. The van der Waals surface area contributed by atoms with Gasteiger partial charge in [-0.3, -0.25) is 14.8 Å². The molecule has 1 saturated heterocycles. The first-order valence-corrected chi connectivity index (χ1v) is 21.1. The number of ether oxygens (including phenoxy) is 2. The van der Waals surface area contributed by atoms with E-state index < -0.39 is 36.7 Å². The third-order valence-corrected chi connectivity index (χ3v) is 11.5. The number of aliphatic hydroxyl groups is 3. The summed E-state index contributed by atoms with van der Waals surface area (Å²) in [6.07, 6.45) is 9.86. The van der Waals surface area contributed by atoms with Crippen LogP contribution in [0.3, 0.4) is 0 Å².